The molecule has 9 rings (SSSR count). The quantitative estimate of drug-likeness (QED) is 0.174. The Bertz CT molecular complexity index is 2370. The SMILES string of the molecule is OCCOc1ccc2cc(C3(c4ccc5cc(OCCO)ccc5c4)c4cc5ccccc5cc4-c4cc5ccccc5cc43)ccc2c1. The molecule has 0 amide bonds. The van der Waals surface area contributed by atoms with Gasteiger partial charge in [-0.1, -0.05) is 84.9 Å². The summed E-state index contributed by atoms with van der Waals surface area (Å²) in [6.45, 7) is 0.479. The summed E-state index contributed by atoms with van der Waals surface area (Å²) in [6.07, 6.45) is 0. The Morgan fingerprint density at radius 1 is 0.388 bits per heavy atom. The van der Waals surface area contributed by atoms with E-state index in [1.165, 1.54) is 54.9 Å². The lowest BCUT2D eigenvalue weighted by Crippen LogP contribution is -2.28. The Kier molecular flexibility index (Phi) is 7.08. The second-order valence-electron chi connectivity index (χ2n) is 12.8. The Labute approximate surface area is 284 Å². The van der Waals surface area contributed by atoms with Gasteiger partial charge in [0.1, 0.15) is 24.7 Å². The van der Waals surface area contributed by atoms with Crippen LogP contribution in [0.1, 0.15) is 22.3 Å². The second kappa shape index (κ2) is 11.8. The molecular formula is C45H34O4. The average molecular weight is 639 g/mol. The fourth-order valence-corrected chi connectivity index (χ4v) is 7.90. The summed E-state index contributed by atoms with van der Waals surface area (Å²) in [4.78, 5) is 0. The normalized spacial score (nSPS) is 13.2. The smallest absolute Gasteiger partial charge is 0.120 e. The molecule has 0 saturated carbocycles. The van der Waals surface area contributed by atoms with Gasteiger partial charge in [0.2, 0.25) is 0 Å². The van der Waals surface area contributed by atoms with Crippen LogP contribution in [0.15, 0.2) is 146 Å². The zero-order valence-corrected chi connectivity index (χ0v) is 26.9. The van der Waals surface area contributed by atoms with Gasteiger partial charge in [-0.25, -0.2) is 0 Å². The first kappa shape index (κ1) is 29.5. The second-order valence-corrected chi connectivity index (χ2v) is 12.8. The molecule has 8 aromatic carbocycles. The van der Waals surface area contributed by atoms with Gasteiger partial charge in [-0.15, -0.1) is 0 Å². The first-order valence-corrected chi connectivity index (χ1v) is 16.8. The van der Waals surface area contributed by atoms with Crippen LogP contribution in [0.5, 0.6) is 11.5 Å². The molecule has 0 unspecified atom stereocenters. The van der Waals surface area contributed by atoms with Gasteiger partial charge in [0.25, 0.3) is 0 Å². The van der Waals surface area contributed by atoms with E-state index < -0.39 is 5.41 Å². The van der Waals surface area contributed by atoms with Crippen LogP contribution in [0.25, 0.3) is 54.2 Å². The van der Waals surface area contributed by atoms with E-state index in [4.69, 9.17) is 9.47 Å². The maximum atomic E-state index is 9.30. The summed E-state index contributed by atoms with van der Waals surface area (Å²) in [6, 6.07) is 52.8. The molecule has 4 nitrogen and oxygen atoms in total. The van der Waals surface area contributed by atoms with Gasteiger partial charge < -0.3 is 19.7 Å². The molecule has 0 fully saturated rings. The van der Waals surface area contributed by atoms with Gasteiger partial charge in [-0.05, 0) is 137 Å². The van der Waals surface area contributed by atoms with Crippen molar-refractivity contribution >= 4 is 43.1 Å². The molecule has 0 aliphatic heterocycles. The van der Waals surface area contributed by atoms with Crippen molar-refractivity contribution in [3.63, 3.8) is 0 Å². The van der Waals surface area contributed by atoms with Crippen LogP contribution in [-0.2, 0) is 5.41 Å². The lowest BCUT2D eigenvalue weighted by molar-refractivity contribution is 0.201. The van der Waals surface area contributed by atoms with Gasteiger partial charge in [-0.3, -0.25) is 0 Å². The molecule has 49 heavy (non-hydrogen) atoms. The molecule has 2 N–H and O–H groups in total. The summed E-state index contributed by atoms with van der Waals surface area (Å²) in [5.41, 5.74) is 6.80. The third-order valence-corrected chi connectivity index (χ3v) is 10.1. The van der Waals surface area contributed by atoms with E-state index in [1.54, 1.807) is 0 Å². The molecule has 0 spiro atoms. The maximum absolute atomic E-state index is 9.30. The largest absolute Gasteiger partial charge is 0.491 e. The van der Waals surface area contributed by atoms with E-state index in [0.717, 1.165) is 33.0 Å². The summed E-state index contributed by atoms with van der Waals surface area (Å²) < 4.78 is 11.5. The van der Waals surface area contributed by atoms with Crippen LogP contribution < -0.4 is 9.47 Å². The molecule has 8 aromatic rings. The van der Waals surface area contributed by atoms with Crippen LogP contribution in [0.2, 0.25) is 0 Å². The Morgan fingerprint density at radius 2 is 0.755 bits per heavy atom. The van der Waals surface area contributed by atoms with E-state index in [9.17, 15) is 10.2 Å². The van der Waals surface area contributed by atoms with Gasteiger partial charge in [0, 0.05) is 0 Å². The Hall–Kier alpha value is -5.68. The van der Waals surface area contributed by atoms with Crippen LogP contribution >= 0.6 is 0 Å². The first-order valence-electron chi connectivity index (χ1n) is 16.8. The average Bonchev–Trinajstić information content (AvgIpc) is 3.42. The van der Waals surface area contributed by atoms with E-state index in [1.807, 2.05) is 24.3 Å². The first-order chi connectivity index (χ1) is 24.1. The molecule has 0 radical (unpaired) electrons. The van der Waals surface area contributed by atoms with Crippen molar-refractivity contribution in [1.82, 2.24) is 0 Å². The third-order valence-electron chi connectivity index (χ3n) is 10.1. The lowest BCUT2D eigenvalue weighted by atomic mass is 9.66. The van der Waals surface area contributed by atoms with Crippen LogP contribution in [-0.4, -0.2) is 36.6 Å². The minimum atomic E-state index is -0.612. The molecule has 4 heteroatoms. The summed E-state index contributed by atoms with van der Waals surface area (Å²) >= 11 is 0. The molecule has 0 atom stereocenters. The molecule has 0 aromatic heterocycles. The highest BCUT2D eigenvalue weighted by Gasteiger charge is 2.46. The summed E-state index contributed by atoms with van der Waals surface area (Å²) in [5.74, 6) is 1.49. The number of ether oxygens (including phenoxy) is 2. The van der Waals surface area contributed by atoms with Crippen molar-refractivity contribution in [3.8, 4) is 22.6 Å². The number of aliphatic hydroxyl groups is 2. The van der Waals surface area contributed by atoms with E-state index in [0.29, 0.717) is 0 Å². The predicted octanol–water partition coefficient (Wildman–Crippen LogP) is 9.40. The van der Waals surface area contributed by atoms with Crippen LogP contribution in [0.3, 0.4) is 0 Å². The highest BCUT2D eigenvalue weighted by atomic mass is 16.5. The molecule has 1 aliphatic carbocycles. The van der Waals surface area contributed by atoms with Crippen LogP contribution in [0, 0.1) is 0 Å². The van der Waals surface area contributed by atoms with Gasteiger partial charge in [0.05, 0.1) is 18.6 Å². The van der Waals surface area contributed by atoms with Crippen molar-refractivity contribution in [2.24, 2.45) is 0 Å². The van der Waals surface area contributed by atoms with Crippen molar-refractivity contribution < 1.29 is 19.7 Å². The lowest BCUT2D eigenvalue weighted by Gasteiger charge is -2.34. The Balaban J connectivity index is 1.37. The molecule has 0 bridgehead atoms. The molecule has 238 valence electrons. The topological polar surface area (TPSA) is 58.9 Å². The number of rotatable bonds is 8. The van der Waals surface area contributed by atoms with E-state index >= 15 is 0 Å². The predicted molar refractivity (Wildman–Crippen MR) is 199 cm³/mol. The monoisotopic (exact) mass is 638 g/mol. The highest BCUT2D eigenvalue weighted by Crippen LogP contribution is 2.58. The summed E-state index contributed by atoms with van der Waals surface area (Å²) in [5, 5.41) is 27.9. The van der Waals surface area contributed by atoms with E-state index in [-0.39, 0.29) is 26.4 Å². The zero-order chi connectivity index (χ0) is 33.0. The summed E-state index contributed by atoms with van der Waals surface area (Å²) in [7, 11) is 0. The van der Waals surface area contributed by atoms with Gasteiger partial charge >= 0.3 is 0 Å². The third kappa shape index (κ3) is 4.75. The molecule has 0 heterocycles. The standard InChI is InChI=1S/C45H34O4/c46-17-19-48-39-15-11-33-21-37(13-9-35(33)23-39)45(38-14-10-36-24-40(49-20-18-47)16-12-34(36)22-38)43-27-31-7-3-1-5-29(31)25-41(43)42-26-30-6-2-4-8-32(30)28-44(42)45/h1-16,21-28,46-47H,17-20H2. The van der Waals surface area contributed by atoms with E-state index in [2.05, 4.69) is 121 Å². The Morgan fingerprint density at radius 3 is 1.18 bits per heavy atom. The molecular weight excluding hydrogens is 604 g/mol. The van der Waals surface area contributed by atoms with Crippen molar-refractivity contribution in [3.05, 3.63) is 168 Å². The molecule has 1 aliphatic rings. The van der Waals surface area contributed by atoms with Crippen LogP contribution in [0.4, 0.5) is 0 Å². The van der Waals surface area contributed by atoms with Crippen molar-refractivity contribution in [1.29, 1.82) is 0 Å². The highest BCUT2D eigenvalue weighted by molar-refractivity contribution is 6.01. The minimum absolute atomic E-state index is 0.0234. The van der Waals surface area contributed by atoms with Crippen molar-refractivity contribution in [2.45, 2.75) is 5.41 Å². The number of hydrogen-bond acceptors (Lipinski definition) is 4. The van der Waals surface area contributed by atoms with Gasteiger partial charge in [-0.2, -0.15) is 0 Å². The van der Waals surface area contributed by atoms with Crippen molar-refractivity contribution in [2.75, 3.05) is 26.4 Å². The fourth-order valence-electron chi connectivity index (χ4n) is 7.90. The zero-order valence-electron chi connectivity index (χ0n) is 26.9. The number of aliphatic hydroxyl groups excluding tert-OH is 2. The minimum Gasteiger partial charge on any atom is -0.491 e. The fraction of sp³-hybridized carbons (Fsp3) is 0.111. The number of hydrogen-bond donors (Lipinski definition) is 2. The van der Waals surface area contributed by atoms with Gasteiger partial charge in [0.15, 0.2) is 0 Å². The number of fused-ring (bicyclic) bond motifs is 7. The maximum Gasteiger partial charge on any atom is 0.120 e. The molecule has 0 saturated heterocycles. The number of benzene rings is 8.